The molecule has 2 atom stereocenters. The van der Waals surface area contributed by atoms with Crippen LogP contribution >= 0.6 is 0 Å². The maximum Gasteiger partial charge on any atom is 0.227 e. The van der Waals surface area contributed by atoms with Crippen LogP contribution in [-0.4, -0.2) is 60.2 Å². The fourth-order valence-electron chi connectivity index (χ4n) is 5.65. The summed E-state index contributed by atoms with van der Waals surface area (Å²) in [6.07, 6.45) is 7.18. The first kappa shape index (κ1) is 26.4. The number of carbonyl (C=O) groups excluding carboxylic acids is 2. The predicted octanol–water partition coefficient (Wildman–Crippen LogP) is 3.90. The molecule has 2 amide bonds. The SMILES string of the molecule is COCCCn1cc(CN(C(=O)C2CNC[C@H](NC(=O)CCc3ccccc3)C2)C2CC2)c2ccccc21. The van der Waals surface area contributed by atoms with Gasteiger partial charge in [-0.15, -0.1) is 0 Å². The highest BCUT2D eigenvalue weighted by Crippen LogP contribution is 2.33. The van der Waals surface area contributed by atoms with Crippen molar-refractivity contribution in [3.63, 3.8) is 0 Å². The van der Waals surface area contributed by atoms with E-state index in [1.165, 1.54) is 16.5 Å². The molecule has 2 aromatic carbocycles. The van der Waals surface area contributed by atoms with Crippen molar-refractivity contribution < 1.29 is 14.3 Å². The topological polar surface area (TPSA) is 75.6 Å². The lowest BCUT2D eigenvalue weighted by molar-refractivity contribution is -0.138. The average Bonchev–Trinajstić information content (AvgIpc) is 3.73. The molecule has 1 saturated heterocycles. The Morgan fingerprint density at radius 2 is 1.87 bits per heavy atom. The molecule has 5 rings (SSSR count). The number of aromatic nitrogens is 1. The summed E-state index contributed by atoms with van der Waals surface area (Å²) in [7, 11) is 1.74. The van der Waals surface area contributed by atoms with Gasteiger partial charge in [0.1, 0.15) is 0 Å². The van der Waals surface area contributed by atoms with Crippen LogP contribution < -0.4 is 10.6 Å². The Morgan fingerprint density at radius 3 is 2.66 bits per heavy atom. The van der Waals surface area contributed by atoms with Crippen molar-refractivity contribution >= 4 is 22.7 Å². The standard InChI is InChI=1S/C31H40N4O3/c1-38-17-7-16-34-21-25(28-10-5-6-11-29(28)34)22-35(27-13-14-27)31(37)24-18-26(20-32-19-24)33-30(36)15-12-23-8-3-2-4-9-23/h2-6,8-11,21,24,26-27,32H,7,12-20,22H2,1H3,(H,33,36)/t24?,26-/m1/s1. The second-order valence-electron chi connectivity index (χ2n) is 10.7. The number of ether oxygens (including phenoxy) is 1. The van der Waals surface area contributed by atoms with Gasteiger partial charge in [-0.1, -0.05) is 48.5 Å². The molecule has 1 saturated carbocycles. The third-order valence-electron chi connectivity index (χ3n) is 7.78. The zero-order valence-electron chi connectivity index (χ0n) is 22.4. The van der Waals surface area contributed by atoms with Crippen LogP contribution in [0.4, 0.5) is 0 Å². The lowest BCUT2D eigenvalue weighted by Crippen LogP contribution is -2.53. The number of hydrogen-bond donors (Lipinski definition) is 2. The zero-order chi connectivity index (χ0) is 26.3. The monoisotopic (exact) mass is 516 g/mol. The molecular weight excluding hydrogens is 476 g/mol. The van der Waals surface area contributed by atoms with E-state index in [1.807, 2.05) is 30.3 Å². The number of carbonyl (C=O) groups is 2. The summed E-state index contributed by atoms with van der Waals surface area (Å²) in [5.41, 5.74) is 3.57. The number of fused-ring (bicyclic) bond motifs is 1. The number of nitrogens with zero attached hydrogens (tertiary/aromatic N) is 2. The van der Waals surface area contributed by atoms with E-state index in [0.29, 0.717) is 38.5 Å². The van der Waals surface area contributed by atoms with E-state index in [1.54, 1.807) is 7.11 Å². The molecule has 7 nitrogen and oxygen atoms in total. The third-order valence-corrected chi connectivity index (χ3v) is 7.78. The van der Waals surface area contributed by atoms with Crippen LogP contribution in [0.25, 0.3) is 10.9 Å². The average molecular weight is 517 g/mol. The minimum atomic E-state index is -0.126. The van der Waals surface area contributed by atoms with Crippen molar-refractivity contribution in [1.29, 1.82) is 0 Å². The van der Waals surface area contributed by atoms with Crippen molar-refractivity contribution in [2.45, 2.75) is 63.7 Å². The summed E-state index contributed by atoms with van der Waals surface area (Å²) in [6, 6.07) is 18.8. The molecule has 0 radical (unpaired) electrons. The minimum absolute atomic E-state index is 0.0234. The van der Waals surface area contributed by atoms with Crippen LogP contribution in [0.1, 0.15) is 43.2 Å². The molecule has 2 N–H and O–H groups in total. The Hall–Kier alpha value is -3.16. The van der Waals surface area contributed by atoms with E-state index in [2.05, 4.69) is 50.6 Å². The van der Waals surface area contributed by atoms with Gasteiger partial charge in [-0.3, -0.25) is 9.59 Å². The number of benzene rings is 2. The quantitative estimate of drug-likeness (QED) is 0.358. The van der Waals surface area contributed by atoms with E-state index in [0.717, 1.165) is 44.4 Å². The number of rotatable bonds is 12. The maximum atomic E-state index is 13.8. The molecule has 1 aliphatic carbocycles. The molecule has 2 heterocycles. The summed E-state index contributed by atoms with van der Waals surface area (Å²) in [6.45, 7) is 3.62. The van der Waals surface area contributed by atoms with Crippen LogP contribution in [0.3, 0.4) is 0 Å². The number of para-hydroxylation sites is 1. The van der Waals surface area contributed by atoms with Crippen molar-refractivity contribution in [1.82, 2.24) is 20.1 Å². The lowest BCUT2D eigenvalue weighted by atomic mass is 9.93. The van der Waals surface area contributed by atoms with Crippen molar-refractivity contribution in [3.05, 3.63) is 71.9 Å². The van der Waals surface area contributed by atoms with E-state index in [-0.39, 0.29) is 23.8 Å². The van der Waals surface area contributed by atoms with Crippen molar-refractivity contribution in [2.75, 3.05) is 26.8 Å². The number of hydrogen-bond acceptors (Lipinski definition) is 4. The first-order valence-corrected chi connectivity index (χ1v) is 14.0. The van der Waals surface area contributed by atoms with E-state index in [4.69, 9.17) is 4.74 Å². The van der Waals surface area contributed by atoms with Gasteiger partial charge in [-0.25, -0.2) is 0 Å². The molecule has 202 valence electrons. The van der Waals surface area contributed by atoms with Gasteiger partial charge in [0.25, 0.3) is 0 Å². The van der Waals surface area contributed by atoms with Gasteiger partial charge in [0.15, 0.2) is 0 Å². The number of nitrogens with one attached hydrogen (secondary N) is 2. The number of methoxy groups -OCH3 is 1. The number of aryl methyl sites for hydroxylation is 2. The van der Waals surface area contributed by atoms with Crippen LogP contribution in [0.5, 0.6) is 0 Å². The van der Waals surface area contributed by atoms with Crippen LogP contribution in [0, 0.1) is 5.92 Å². The molecule has 38 heavy (non-hydrogen) atoms. The van der Waals surface area contributed by atoms with E-state index in [9.17, 15) is 9.59 Å². The Labute approximate surface area is 225 Å². The summed E-state index contributed by atoms with van der Waals surface area (Å²) in [5, 5.41) is 7.80. The Bertz CT molecular complexity index is 1220. The molecular formula is C31H40N4O3. The second kappa shape index (κ2) is 12.6. The highest BCUT2D eigenvalue weighted by atomic mass is 16.5. The Kier molecular flexibility index (Phi) is 8.76. The molecule has 1 unspecified atom stereocenters. The van der Waals surface area contributed by atoms with E-state index >= 15 is 0 Å². The van der Waals surface area contributed by atoms with Crippen LogP contribution in [-0.2, 0) is 33.8 Å². The van der Waals surface area contributed by atoms with Gasteiger partial charge >= 0.3 is 0 Å². The molecule has 0 bridgehead atoms. The molecule has 0 spiro atoms. The van der Waals surface area contributed by atoms with Gasteiger partial charge in [-0.2, -0.15) is 0 Å². The minimum Gasteiger partial charge on any atom is -0.385 e. The molecule has 1 aliphatic heterocycles. The van der Waals surface area contributed by atoms with Crippen LogP contribution in [0.2, 0.25) is 0 Å². The first-order chi connectivity index (χ1) is 18.6. The number of amides is 2. The van der Waals surface area contributed by atoms with E-state index < -0.39 is 0 Å². The summed E-state index contributed by atoms with van der Waals surface area (Å²) >= 11 is 0. The fraction of sp³-hybridized carbons (Fsp3) is 0.484. The van der Waals surface area contributed by atoms with Crippen molar-refractivity contribution in [3.8, 4) is 0 Å². The fourth-order valence-corrected chi connectivity index (χ4v) is 5.65. The van der Waals surface area contributed by atoms with Crippen molar-refractivity contribution in [2.24, 2.45) is 5.92 Å². The lowest BCUT2D eigenvalue weighted by Gasteiger charge is -2.34. The van der Waals surface area contributed by atoms with Crippen LogP contribution in [0.15, 0.2) is 60.8 Å². The predicted molar refractivity (Wildman–Crippen MR) is 150 cm³/mol. The first-order valence-electron chi connectivity index (χ1n) is 14.0. The summed E-state index contributed by atoms with van der Waals surface area (Å²) < 4.78 is 7.55. The maximum absolute atomic E-state index is 13.8. The zero-order valence-corrected chi connectivity index (χ0v) is 22.4. The molecule has 1 aromatic heterocycles. The highest BCUT2D eigenvalue weighted by Gasteiger charge is 2.38. The highest BCUT2D eigenvalue weighted by molar-refractivity contribution is 5.85. The Balaban J connectivity index is 1.22. The third kappa shape index (κ3) is 6.63. The Morgan fingerprint density at radius 1 is 1.08 bits per heavy atom. The molecule has 3 aromatic rings. The molecule has 2 aliphatic rings. The summed E-state index contributed by atoms with van der Waals surface area (Å²) in [5.74, 6) is 0.132. The molecule has 2 fully saturated rings. The summed E-state index contributed by atoms with van der Waals surface area (Å²) in [4.78, 5) is 28.6. The van der Waals surface area contributed by atoms with Gasteiger partial charge in [0.2, 0.25) is 11.8 Å². The van der Waals surface area contributed by atoms with Gasteiger partial charge < -0.3 is 24.8 Å². The molecule has 7 heteroatoms. The van der Waals surface area contributed by atoms with Gasteiger partial charge in [0.05, 0.1) is 5.92 Å². The smallest absolute Gasteiger partial charge is 0.227 e. The normalized spacial score (nSPS) is 19.4. The second-order valence-corrected chi connectivity index (χ2v) is 10.7. The number of piperidine rings is 1. The van der Waals surface area contributed by atoms with Gasteiger partial charge in [0, 0.05) is 75.5 Å². The largest absolute Gasteiger partial charge is 0.385 e. The van der Waals surface area contributed by atoms with Gasteiger partial charge in [-0.05, 0) is 49.3 Å².